The molecule has 3 rings (SSSR count). The number of ketones is 2. The van der Waals surface area contributed by atoms with E-state index < -0.39 is 26.6 Å². The molecule has 22 heavy (non-hydrogen) atoms. The summed E-state index contributed by atoms with van der Waals surface area (Å²) in [6, 6.07) is 8.06. The summed E-state index contributed by atoms with van der Waals surface area (Å²) in [6.07, 6.45) is 0. The van der Waals surface area contributed by atoms with Gasteiger partial charge in [-0.05, 0) is 12.1 Å². The summed E-state index contributed by atoms with van der Waals surface area (Å²) in [5.74, 6) is -1.20. The second-order valence-corrected chi connectivity index (χ2v) is 6.27. The predicted molar refractivity (Wildman–Crippen MR) is 80.3 cm³/mol. The summed E-state index contributed by atoms with van der Waals surface area (Å²) in [4.78, 5) is 24.3. The Balaban J connectivity index is 0.00000176. The van der Waals surface area contributed by atoms with Gasteiger partial charge in [0.1, 0.15) is 4.90 Å². The topological polar surface area (TPSA) is 88.5 Å². The summed E-state index contributed by atoms with van der Waals surface area (Å²) >= 11 is 5.96. The van der Waals surface area contributed by atoms with Crippen LogP contribution in [-0.4, -0.2) is 54.1 Å². The summed E-state index contributed by atoms with van der Waals surface area (Å²) in [7, 11) is -4.62. The number of hydrogen-bond donors (Lipinski definition) is 1. The van der Waals surface area contributed by atoms with Crippen LogP contribution in [0.3, 0.4) is 0 Å². The molecule has 2 aromatic rings. The molecule has 0 atom stereocenters. The number of rotatable bonds is 1. The number of hydrogen-bond acceptors (Lipinski definition) is 4. The van der Waals surface area contributed by atoms with Crippen molar-refractivity contribution in [3.63, 3.8) is 0 Å². The molecular weight excluding hydrogens is 339 g/mol. The van der Waals surface area contributed by atoms with Crippen LogP contribution < -0.4 is 0 Å². The van der Waals surface area contributed by atoms with E-state index in [9.17, 15) is 22.6 Å². The third-order valence-corrected chi connectivity index (χ3v) is 4.47. The van der Waals surface area contributed by atoms with Crippen molar-refractivity contribution in [1.29, 1.82) is 0 Å². The molecule has 0 fully saturated rings. The molecule has 5 nitrogen and oxygen atoms in total. The smallest absolute Gasteiger partial charge is 0.289 e. The molecule has 107 valence electrons. The van der Waals surface area contributed by atoms with E-state index in [1.807, 2.05) is 0 Å². The Labute approximate surface area is 153 Å². The van der Waals surface area contributed by atoms with Crippen LogP contribution in [0.25, 0.3) is 0 Å². The molecule has 1 aliphatic carbocycles. The van der Waals surface area contributed by atoms with Gasteiger partial charge in [0.2, 0.25) is 0 Å². The average Bonchev–Trinajstić information content (AvgIpc) is 2.43. The minimum Gasteiger partial charge on any atom is -0.289 e. The van der Waals surface area contributed by atoms with E-state index in [-0.39, 0.29) is 56.8 Å². The first-order valence-corrected chi connectivity index (χ1v) is 7.62. The molecule has 0 saturated carbocycles. The van der Waals surface area contributed by atoms with E-state index in [4.69, 9.17) is 11.6 Å². The SMILES string of the molecule is O=C1c2cccc(S(=O)(=O)O)c2C(=O)c2cccc(Cl)c21.[Na]. The van der Waals surface area contributed by atoms with Gasteiger partial charge in [0.25, 0.3) is 10.1 Å². The van der Waals surface area contributed by atoms with Crippen molar-refractivity contribution in [2.45, 2.75) is 4.90 Å². The van der Waals surface area contributed by atoms with Crippen molar-refractivity contribution in [2.24, 2.45) is 0 Å². The van der Waals surface area contributed by atoms with Gasteiger partial charge < -0.3 is 0 Å². The molecule has 0 amide bonds. The quantitative estimate of drug-likeness (QED) is 0.538. The van der Waals surface area contributed by atoms with Crippen LogP contribution in [0.4, 0.5) is 0 Å². The van der Waals surface area contributed by atoms with Crippen molar-refractivity contribution in [3.05, 3.63) is 63.7 Å². The number of carbonyl (C=O) groups excluding carboxylic acids is 2. The fraction of sp³-hybridized carbons (Fsp3) is 0. The summed E-state index contributed by atoms with van der Waals surface area (Å²) in [6.45, 7) is 0. The van der Waals surface area contributed by atoms with Gasteiger partial charge in [-0.25, -0.2) is 0 Å². The average molecular weight is 346 g/mol. The van der Waals surface area contributed by atoms with Crippen LogP contribution >= 0.6 is 11.6 Å². The maximum absolute atomic E-state index is 12.5. The zero-order valence-electron chi connectivity index (χ0n) is 11.3. The molecule has 1 N–H and O–H groups in total. The van der Waals surface area contributed by atoms with E-state index in [1.54, 1.807) is 0 Å². The van der Waals surface area contributed by atoms with E-state index >= 15 is 0 Å². The number of benzene rings is 2. The molecule has 0 saturated heterocycles. The molecule has 2 aromatic carbocycles. The first-order valence-electron chi connectivity index (χ1n) is 5.81. The molecule has 0 aromatic heterocycles. The molecule has 8 heteroatoms. The Hall–Kier alpha value is -1.02. The van der Waals surface area contributed by atoms with Crippen molar-refractivity contribution in [1.82, 2.24) is 0 Å². The van der Waals surface area contributed by atoms with E-state index in [0.29, 0.717) is 0 Å². The van der Waals surface area contributed by atoms with Crippen LogP contribution in [-0.2, 0) is 10.1 Å². The minimum absolute atomic E-state index is 0. The Kier molecular flexibility index (Phi) is 4.64. The van der Waals surface area contributed by atoms with Gasteiger partial charge in [0.05, 0.1) is 16.1 Å². The summed E-state index contributed by atoms with van der Waals surface area (Å²) < 4.78 is 32.0. The Morgan fingerprint density at radius 3 is 1.95 bits per heavy atom. The standard InChI is InChI=1S/C14H7ClO5S.Na/c15-9-5-1-3-7-11(9)13(16)8-4-2-6-10(21(18,19)20)12(8)14(7)17;/h1-6H,(H,18,19,20);. The number of fused-ring (bicyclic) bond motifs is 2. The van der Waals surface area contributed by atoms with Crippen LogP contribution in [0.2, 0.25) is 5.02 Å². The van der Waals surface area contributed by atoms with E-state index in [0.717, 1.165) is 6.07 Å². The number of halogens is 1. The van der Waals surface area contributed by atoms with Gasteiger partial charge >= 0.3 is 0 Å². The van der Waals surface area contributed by atoms with Crippen LogP contribution in [0.5, 0.6) is 0 Å². The van der Waals surface area contributed by atoms with Crippen molar-refractivity contribution < 1.29 is 22.6 Å². The zero-order valence-corrected chi connectivity index (χ0v) is 14.9. The van der Waals surface area contributed by atoms with Crippen molar-refractivity contribution in [3.8, 4) is 0 Å². The molecule has 0 bridgehead atoms. The van der Waals surface area contributed by atoms with Gasteiger partial charge in [-0.3, -0.25) is 14.1 Å². The number of carbonyl (C=O) groups is 2. The maximum atomic E-state index is 12.5. The third-order valence-electron chi connectivity index (χ3n) is 3.26. The summed E-state index contributed by atoms with van der Waals surface area (Å²) in [5, 5.41) is 0.119. The molecular formula is C14H7ClNaO5S. The van der Waals surface area contributed by atoms with Crippen molar-refractivity contribution >= 4 is 62.8 Å². The minimum atomic E-state index is -4.62. The molecule has 0 heterocycles. The van der Waals surface area contributed by atoms with Gasteiger partial charge in [0, 0.05) is 40.7 Å². The Bertz CT molecular complexity index is 921. The molecule has 1 aliphatic rings. The fourth-order valence-corrected chi connectivity index (χ4v) is 3.35. The van der Waals surface area contributed by atoms with E-state index in [2.05, 4.69) is 0 Å². The first-order chi connectivity index (χ1) is 9.82. The maximum Gasteiger partial charge on any atom is 0.295 e. The van der Waals surface area contributed by atoms with E-state index in [1.165, 1.54) is 30.3 Å². The monoisotopic (exact) mass is 345 g/mol. The zero-order chi connectivity index (χ0) is 15.4. The van der Waals surface area contributed by atoms with Crippen LogP contribution in [0, 0.1) is 0 Å². The molecule has 1 radical (unpaired) electrons. The summed E-state index contributed by atoms with van der Waals surface area (Å²) in [5.41, 5.74) is -0.337. The van der Waals surface area contributed by atoms with Gasteiger partial charge in [-0.1, -0.05) is 35.9 Å². The van der Waals surface area contributed by atoms with Gasteiger partial charge in [0.15, 0.2) is 11.6 Å². The van der Waals surface area contributed by atoms with Crippen LogP contribution in [0.1, 0.15) is 31.8 Å². The van der Waals surface area contributed by atoms with Gasteiger partial charge in [-0.2, -0.15) is 8.42 Å². The second-order valence-electron chi connectivity index (χ2n) is 4.47. The first kappa shape index (κ1) is 17.3. The predicted octanol–water partition coefficient (Wildman–Crippen LogP) is 1.98. The normalized spacial score (nSPS) is 13.2. The van der Waals surface area contributed by atoms with Crippen LogP contribution in [0.15, 0.2) is 41.3 Å². The Morgan fingerprint density at radius 1 is 0.864 bits per heavy atom. The fourth-order valence-electron chi connectivity index (χ4n) is 2.38. The molecule has 0 spiro atoms. The third kappa shape index (κ3) is 2.56. The largest absolute Gasteiger partial charge is 0.295 e. The second kappa shape index (κ2) is 5.88. The molecule has 0 unspecified atom stereocenters. The van der Waals surface area contributed by atoms with Gasteiger partial charge in [-0.15, -0.1) is 0 Å². The Morgan fingerprint density at radius 2 is 1.36 bits per heavy atom. The molecule has 0 aliphatic heterocycles. The van der Waals surface area contributed by atoms with Crippen molar-refractivity contribution in [2.75, 3.05) is 0 Å².